The van der Waals surface area contributed by atoms with Gasteiger partial charge in [-0.05, 0) is 35.9 Å². The molecule has 2 aromatic carbocycles. The Hall–Kier alpha value is -2.48. The molecule has 3 aromatic rings. The van der Waals surface area contributed by atoms with Crippen LogP contribution in [0.5, 0.6) is 5.75 Å². The third-order valence-corrected chi connectivity index (χ3v) is 6.97. The van der Waals surface area contributed by atoms with Gasteiger partial charge in [0.15, 0.2) is 11.6 Å². The fourth-order valence-electron chi connectivity index (χ4n) is 3.19. The van der Waals surface area contributed by atoms with Gasteiger partial charge >= 0.3 is 0 Å². The zero-order valence-electron chi connectivity index (χ0n) is 18.6. The minimum absolute atomic E-state index is 0.274. The lowest BCUT2D eigenvalue weighted by molar-refractivity contribution is 0.00421. The highest BCUT2D eigenvalue weighted by atomic mass is 28.3. The third-order valence-electron chi connectivity index (χ3n) is 5.26. The monoisotopic (exact) mass is 437 g/mol. The highest BCUT2D eigenvalue weighted by Gasteiger charge is 2.26. The SMILES string of the molecule is C[Si](C)(C)CCOCn1nc(C2COC2)nc1-c1ccc(OCc2ccccc2)cc1. The molecule has 1 aliphatic rings. The zero-order chi connectivity index (χ0) is 21.7. The second kappa shape index (κ2) is 9.76. The van der Waals surface area contributed by atoms with Crippen molar-refractivity contribution in [2.24, 2.45) is 0 Å². The van der Waals surface area contributed by atoms with Gasteiger partial charge < -0.3 is 14.2 Å². The van der Waals surface area contributed by atoms with Crippen molar-refractivity contribution in [3.8, 4) is 17.1 Å². The number of hydrogen-bond acceptors (Lipinski definition) is 5. The third kappa shape index (κ3) is 6.03. The van der Waals surface area contributed by atoms with Gasteiger partial charge in [-0.3, -0.25) is 0 Å². The van der Waals surface area contributed by atoms with Crippen LogP contribution in [0, 0.1) is 0 Å². The van der Waals surface area contributed by atoms with Crippen LogP contribution in [-0.4, -0.2) is 42.7 Å². The van der Waals surface area contributed by atoms with E-state index in [1.54, 1.807) is 0 Å². The first kappa shape index (κ1) is 21.7. The Bertz CT molecular complexity index is 964. The van der Waals surface area contributed by atoms with Crippen molar-refractivity contribution in [2.45, 2.75) is 44.9 Å². The van der Waals surface area contributed by atoms with E-state index >= 15 is 0 Å². The highest BCUT2D eigenvalue weighted by molar-refractivity contribution is 6.76. The van der Waals surface area contributed by atoms with Crippen molar-refractivity contribution in [1.82, 2.24) is 14.8 Å². The minimum Gasteiger partial charge on any atom is -0.489 e. The minimum atomic E-state index is -1.12. The lowest BCUT2D eigenvalue weighted by atomic mass is 10.1. The molecule has 6 nitrogen and oxygen atoms in total. The zero-order valence-corrected chi connectivity index (χ0v) is 19.6. The molecule has 0 amide bonds. The largest absolute Gasteiger partial charge is 0.489 e. The van der Waals surface area contributed by atoms with Crippen LogP contribution < -0.4 is 4.74 Å². The molecule has 0 unspecified atom stereocenters. The Kier molecular flexibility index (Phi) is 6.85. The maximum absolute atomic E-state index is 5.95. The van der Waals surface area contributed by atoms with E-state index in [0.717, 1.165) is 41.2 Å². The number of hydrogen-bond donors (Lipinski definition) is 0. The van der Waals surface area contributed by atoms with Crippen LogP contribution in [0.15, 0.2) is 54.6 Å². The van der Waals surface area contributed by atoms with Crippen molar-refractivity contribution in [1.29, 1.82) is 0 Å². The van der Waals surface area contributed by atoms with Gasteiger partial charge in [-0.1, -0.05) is 50.0 Å². The van der Waals surface area contributed by atoms with E-state index in [4.69, 9.17) is 24.3 Å². The van der Waals surface area contributed by atoms with Crippen LogP contribution in [-0.2, 0) is 22.8 Å². The van der Waals surface area contributed by atoms with E-state index in [0.29, 0.717) is 26.6 Å². The summed E-state index contributed by atoms with van der Waals surface area (Å²) in [6, 6.07) is 19.3. The molecule has 7 heteroatoms. The maximum atomic E-state index is 5.95. The lowest BCUT2D eigenvalue weighted by Crippen LogP contribution is -2.26. The Morgan fingerprint density at radius 1 is 1.03 bits per heavy atom. The number of benzene rings is 2. The summed E-state index contributed by atoms with van der Waals surface area (Å²) in [6.07, 6.45) is 0. The lowest BCUT2D eigenvalue weighted by Gasteiger charge is -2.22. The second-order valence-corrected chi connectivity index (χ2v) is 14.8. The van der Waals surface area contributed by atoms with Crippen LogP contribution in [0.4, 0.5) is 0 Å². The van der Waals surface area contributed by atoms with Crippen molar-refractivity contribution < 1.29 is 14.2 Å². The molecule has 0 N–H and O–H groups in total. The van der Waals surface area contributed by atoms with E-state index in [1.807, 2.05) is 47.1 Å². The molecule has 31 heavy (non-hydrogen) atoms. The van der Waals surface area contributed by atoms with Crippen LogP contribution in [0.25, 0.3) is 11.4 Å². The van der Waals surface area contributed by atoms with Gasteiger partial charge in [0.1, 0.15) is 19.1 Å². The topological polar surface area (TPSA) is 58.4 Å². The van der Waals surface area contributed by atoms with Gasteiger partial charge in [-0.25, -0.2) is 9.67 Å². The summed E-state index contributed by atoms with van der Waals surface area (Å²) in [5.41, 5.74) is 2.15. The number of nitrogens with zero attached hydrogens (tertiary/aromatic N) is 3. The van der Waals surface area contributed by atoms with Crippen LogP contribution >= 0.6 is 0 Å². The van der Waals surface area contributed by atoms with Gasteiger partial charge in [-0.15, -0.1) is 0 Å². The summed E-state index contributed by atoms with van der Waals surface area (Å²) in [7, 11) is -1.12. The fourth-order valence-corrected chi connectivity index (χ4v) is 3.95. The normalized spacial score (nSPS) is 14.4. The quantitative estimate of drug-likeness (QED) is 0.332. The summed E-state index contributed by atoms with van der Waals surface area (Å²) in [4.78, 5) is 4.81. The Balaban J connectivity index is 1.44. The van der Waals surface area contributed by atoms with Crippen molar-refractivity contribution in [3.05, 3.63) is 66.0 Å². The van der Waals surface area contributed by atoms with Crippen molar-refractivity contribution in [2.75, 3.05) is 19.8 Å². The summed E-state index contributed by atoms with van der Waals surface area (Å²) >= 11 is 0. The maximum Gasteiger partial charge on any atom is 0.160 e. The van der Waals surface area contributed by atoms with Gasteiger partial charge in [0.25, 0.3) is 0 Å². The molecule has 164 valence electrons. The molecule has 0 atom stereocenters. The second-order valence-electron chi connectivity index (χ2n) is 9.17. The molecule has 0 radical (unpaired) electrons. The first-order valence-corrected chi connectivity index (χ1v) is 14.6. The molecule has 2 heterocycles. The average Bonchev–Trinajstić information content (AvgIpc) is 3.12. The average molecular weight is 438 g/mol. The number of aromatic nitrogens is 3. The molecule has 1 saturated heterocycles. The van der Waals surface area contributed by atoms with Crippen LogP contribution in [0.2, 0.25) is 25.7 Å². The smallest absolute Gasteiger partial charge is 0.160 e. The van der Waals surface area contributed by atoms with Gasteiger partial charge in [0.05, 0.1) is 19.1 Å². The molecule has 1 aliphatic heterocycles. The fraction of sp³-hybridized carbons (Fsp3) is 0.417. The predicted octanol–water partition coefficient (Wildman–Crippen LogP) is 4.95. The van der Waals surface area contributed by atoms with Crippen molar-refractivity contribution >= 4 is 8.07 Å². The molecule has 1 aromatic heterocycles. The molecule has 0 bridgehead atoms. The summed E-state index contributed by atoms with van der Waals surface area (Å²) in [5.74, 6) is 2.76. The van der Waals surface area contributed by atoms with E-state index in [-0.39, 0.29) is 5.92 Å². The van der Waals surface area contributed by atoms with E-state index in [2.05, 4.69) is 31.8 Å². The van der Waals surface area contributed by atoms with Gasteiger partial charge in [-0.2, -0.15) is 5.10 Å². The standard InChI is InChI=1S/C24H31N3O3Si/c1-31(2,3)14-13-28-18-27-24(25-23(26-27)21-16-29-17-21)20-9-11-22(12-10-20)30-15-19-7-5-4-6-8-19/h4-12,21H,13-18H2,1-3H3. The molecule has 1 fully saturated rings. The van der Waals surface area contributed by atoms with E-state index in [1.165, 1.54) is 0 Å². The summed E-state index contributed by atoms with van der Waals surface area (Å²) < 4.78 is 19.1. The van der Waals surface area contributed by atoms with Gasteiger partial charge in [0, 0.05) is 20.2 Å². The molecule has 0 spiro atoms. The molecule has 4 rings (SSSR count). The Morgan fingerprint density at radius 2 is 1.77 bits per heavy atom. The predicted molar refractivity (Wildman–Crippen MR) is 124 cm³/mol. The molecular weight excluding hydrogens is 406 g/mol. The van der Waals surface area contributed by atoms with E-state index < -0.39 is 8.07 Å². The van der Waals surface area contributed by atoms with Crippen LogP contribution in [0.3, 0.4) is 0 Å². The highest BCUT2D eigenvalue weighted by Crippen LogP contribution is 2.26. The van der Waals surface area contributed by atoms with E-state index in [9.17, 15) is 0 Å². The molecular formula is C24H31N3O3Si. The first-order valence-electron chi connectivity index (χ1n) is 10.9. The summed E-state index contributed by atoms with van der Waals surface area (Å²) in [6.45, 7) is 10.1. The Labute approximate surface area is 185 Å². The number of rotatable bonds is 10. The Morgan fingerprint density at radius 3 is 2.42 bits per heavy atom. The van der Waals surface area contributed by atoms with Crippen LogP contribution in [0.1, 0.15) is 17.3 Å². The summed E-state index contributed by atoms with van der Waals surface area (Å²) in [5, 5.41) is 4.72. The number of ether oxygens (including phenoxy) is 3. The molecule has 0 saturated carbocycles. The van der Waals surface area contributed by atoms with Crippen molar-refractivity contribution in [3.63, 3.8) is 0 Å². The first-order chi connectivity index (χ1) is 15.0. The van der Waals surface area contributed by atoms with Gasteiger partial charge in [0.2, 0.25) is 0 Å². The molecule has 0 aliphatic carbocycles.